The maximum absolute atomic E-state index is 13.8. The first-order chi connectivity index (χ1) is 10.2. The van der Waals surface area contributed by atoms with E-state index in [1.165, 1.54) is 0 Å². The van der Waals surface area contributed by atoms with E-state index in [4.69, 9.17) is 0 Å². The van der Waals surface area contributed by atoms with Crippen molar-refractivity contribution in [2.24, 2.45) is 0 Å². The van der Waals surface area contributed by atoms with Gasteiger partial charge in [0.25, 0.3) is 0 Å². The summed E-state index contributed by atoms with van der Waals surface area (Å²) in [6.07, 6.45) is 7.65. The van der Waals surface area contributed by atoms with Crippen LogP contribution in [0.25, 0.3) is 0 Å². The fraction of sp³-hybridized carbons (Fsp3) is 0.0556. The van der Waals surface area contributed by atoms with Gasteiger partial charge in [-0.05, 0) is 18.6 Å². The van der Waals surface area contributed by atoms with Crippen LogP contribution in [0.3, 0.4) is 0 Å². The summed E-state index contributed by atoms with van der Waals surface area (Å²) < 4.78 is 13.8. The van der Waals surface area contributed by atoms with Crippen molar-refractivity contribution in [1.29, 1.82) is 0 Å². The van der Waals surface area contributed by atoms with E-state index >= 15 is 0 Å². The lowest BCUT2D eigenvalue weighted by Crippen LogP contribution is -2.19. The molecule has 0 fully saturated rings. The summed E-state index contributed by atoms with van der Waals surface area (Å²) in [6.45, 7) is 7.54. The normalized spacial score (nSPS) is 14.2. The molecule has 2 aromatic rings. The SMILES string of the molecule is C=CC/C=C(\C=C)P(=O)(c1ccccc1)c1ccccn1. The molecule has 1 atom stereocenters. The highest BCUT2D eigenvalue weighted by atomic mass is 31.2. The molecule has 1 aromatic heterocycles. The van der Waals surface area contributed by atoms with E-state index in [9.17, 15) is 4.57 Å². The largest absolute Gasteiger partial charge is 0.307 e. The Kier molecular flexibility index (Phi) is 5.08. The zero-order valence-corrected chi connectivity index (χ0v) is 12.7. The third kappa shape index (κ3) is 3.12. The van der Waals surface area contributed by atoms with Crippen LogP contribution in [0, 0.1) is 0 Å². The van der Waals surface area contributed by atoms with Gasteiger partial charge in [-0.1, -0.05) is 61.2 Å². The summed E-state index contributed by atoms with van der Waals surface area (Å²) in [5, 5.41) is 1.46. The third-order valence-electron chi connectivity index (χ3n) is 3.16. The van der Waals surface area contributed by atoms with Crippen molar-refractivity contribution in [2.75, 3.05) is 0 Å². The van der Waals surface area contributed by atoms with Crippen LogP contribution in [-0.4, -0.2) is 4.98 Å². The van der Waals surface area contributed by atoms with Gasteiger partial charge < -0.3 is 4.57 Å². The van der Waals surface area contributed by atoms with E-state index in [0.29, 0.717) is 17.2 Å². The Balaban J connectivity index is 2.68. The van der Waals surface area contributed by atoms with E-state index in [1.807, 2.05) is 48.5 Å². The van der Waals surface area contributed by atoms with Gasteiger partial charge in [0.15, 0.2) is 7.14 Å². The highest BCUT2D eigenvalue weighted by Crippen LogP contribution is 2.51. The van der Waals surface area contributed by atoms with Crippen LogP contribution in [0.5, 0.6) is 0 Å². The monoisotopic (exact) mass is 295 g/mol. The summed E-state index contributed by atoms with van der Waals surface area (Å²) in [4.78, 5) is 4.33. The van der Waals surface area contributed by atoms with Crippen molar-refractivity contribution in [3.05, 3.63) is 91.4 Å². The summed E-state index contributed by atoms with van der Waals surface area (Å²) in [5.41, 5.74) is 0.575. The summed E-state index contributed by atoms with van der Waals surface area (Å²) in [7, 11) is -2.98. The van der Waals surface area contributed by atoms with Gasteiger partial charge >= 0.3 is 0 Å². The molecule has 0 aliphatic heterocycles. The smallest absolute Gasteiger partial charge is 0.188 e. The summed E-state index contributed by atoms with van der Waals surface area (Å²) in [5.74, 6) is 0. The molecule has 0 bridgehead atoms. The average molecular weight is 295 g/mol. The summed E-state index contributed by atoms with van der Waals surface area (Å²) >= 11 is 0. The van der Waals surface area contributed by atoms with Gasteiger partial charge in [0.2, 0.25) is 0 Å². The topological polar surface area (TPSA) is 30.0 Å². The zero-order chi connectivity index (χ0) is 15.1. The maximum atomic E-state index is 13.8. The van der Waals surface area contributed by atoms with Crippen molar-refractivity contribution >= 4 is 17.9 Å². The second-order valence-electron chi connectivity index (χ2n) is 4.49. The zero-order valence-electron chi connectivity index (χ0n) is 11.9. The maximum Gasteiger partial charge on any atom is 0.188 e. The molecular weight excluding hydrogens is 277 g/mol. The molecule has 0 aliphatic carbocycles. The molecule has 0 radical (unpaired) electrons. The number of rotatable bonds is 6. The lowest BCUT2D eigenvalue weighted by atomic mass is 10.3. The molecule has 1 heterocycles. The Morgan fingerprint density at radius 2 is 1.81 bits per heavy atom. The van der Waals surface area contributed by atoms with Crippen LogP contribution in [0.4, 0.5) is 0 Å². The first-order valence-electron chi connectivity index (χ1n) is 6.74. The van der Waals surface area contributed by atoms with Crippen LogP contribution in [0.1, 0.15) is 6.42 Å². The van der Waals surface area contributed by atoms with Gasteiger partial charge in [-0.2, -0.15) is 0 Å². The molecule has 0 spiro atoms. The molecule has 21 heavy (non-hydrogen) atoms. The number of pyridine rings is 1. The molecular formula is C18H18NOP. The van der Waals surface area contributed by atoms with Crippen molar-refractivity contribution < 1.29 is 4.57 Å². The fourth-order valence-electron chi connectivity index (χ4n) is 2.14. The lowest BCUT2D eigenvalue weighted by Gasteiger charge is -2.19. The number of hydrogen-bond donors (Lipinski definition) is 0. The minimum atomic E-state index is -2.98. The number of allylic oxidation sites excluding steroid dienone is 4. The Labute approximate surface area is 125 Å². The predicted octanol–water partition coefficient (Wildman–Crippen LogP) is 4.04. The van der Waals surface area contributed by atoms with Crippen molar-refractivity contribution in [1.82, 2.24) is 4.98 Å². The van der Waals surface area contributed by atoms with Crippen molar-refractivity contribution in [3.63, 3.8) is 0 Å². The van der Waals surface area contributed by atoms with Gasteiger partial charge in [-0.25, -0.2) is 0 Å². The number of hydrogen-bond acceptors (Lipinski definition) is 2. The van der Waals surface area contributed by atoms with Crippen LogP contribution in [0.15, 0.2) is 91.4 Å². The predicted molar refractivity (Wildman–Crippen MR) is 90.6 cm³/mol. The fourth-order valence-corrected chi connectivity index (χ4v) is 4.70. The molecule has 3 heteroatoms. The lowest BCUT2D eigenvalue weighted by molar-refractivity contribution is 0.590. The van der Waals surface area contributed by atoms with E-state index in [2.05, 4.69) is 18.1 Å². The first kappa shape index (κ1) is 15.2. The minimum Gasteiger partial charge on any atom is -0.307 e. The number of benzene rings is 1. The van der Waals surface area contributed by atoms with Crippen molar-refractivity contribution in [3.8, 4) is 0 Å². The second-order valence-corrected chi connectivity index (χ2v) is 7.20. The highest BCUT2D eigenvalue weighted by Gasteiger charge is 2.31. The summed E-state index contributed by atoms with van der Waals surface area (Å²) in [6, 6.07) is 14.9. The minimum absolute atomic E-state index is 0.575. The number of aromatic nitrogens is 1. The van der Waals surface area contributed by atoms with Crippen LogP contribution >= 0.6 is 7.14 Å². The molecule has 0 amide bonds. The molecule has 1 unspecified atom stereocenters. The highest BCUT2D eigenvalue weighted by molar-refractivity contribution is 7.82. The van der Waals surface area contributed by atoms with E-state index in [0.717, 1.165) is 5.30 Å². The van der Waals surface area contributed by atoms with Crippen LogP contribution in [0.2, 0.25) is 0 Å². The quantitative estimate of drug-likeness (QED) is 0.457. The number of nitrogens with zero attached hydrogens (tertiary/aromatic N) is 1. The van der Waals surface area contributed by atoms with E-state index in [-0.39, 0.29) is 0 Å². The Bertz CT molecular complexity index is 646. The van der Waals surface area contributed by atoms with E-state index in [1.54, 1.807) is 24.4 Å². The third-order valence-corrected chi connectivity index (χ3v) is 6.19. The molecule has 0 saturated carbocycles. The first-order valence-corrected chi connectivity index (χ1v) is 8.45. The Morgan fingerprint density at radius 3 is 2.38 bits per heavy atom. The van der Waals surface area contributed by atoms with Crippen LogP contribution in [-0.2, 0) is 4.57 Å². The van der Waals surface area contributed by atoms with Gasteiger partial charge in [-0.15, -0.1) is 6.58 Å². The molecule has 106 valence electrons. The Hall–Kier alpha value is -2.18. The van der Waals surface area contributed by atoms with Crippen molar-refractivity contribution in [2.45, 2.75) is 6.42 Å². The molecule has 0 aliphatic rings. The average Bonchev–Trinajstić information content (AvgIpc) is 2.57. The molecule has 2 rings (SSSR count). The molecule has 1 aromatic carbocycles. The van der Waals surface area contributed by atoms with E-state index < -0.39 is 7.14 Å². The van der Waals surface area contributed by atoms with Gasteiger partial charge in [0.05, 0.1) is 0 Å². The molecule has 0 saturated heterocycles. The Morgan fingerprint density at radius 1 is 1.10 bits per heavy atom. The standard InChI is InChI=1S/C18H18NOP/c1-3-5-11-16(4-2)21(20,17-12-7-6-8-13-17)18-14-9-10-15-19-18/h3-4,6-15H,1-2,5H2/b16-11+. The molecule has 0 N–H and O–H groups in total. The van der Waals surface area contributed by atoms with Gasteiger partial charge in [0, 0.05) is 16.8 Å². The van der Waals surface area contributed by atoms with Gasteiger partial charge in [0.1, 0.15) is 5.44 Å². The van der Waals surface area contributed by atoms with Gasteiger partial charge in [-0.3, -0.25) is 4.98 Å². The molecule has 2 nitrogen and oxygen atoms in total. The second kappa shape index (κ2) is 7.01. The van der Waals surface area contributed by atoms with Crippen LogP contribution < -0.4 is 10.7 Å².